The standard InChI is InChI=1S/C12H15FN6/c13-11-4-3-10(19-8-16-17-18-19)6-12(11)15-7-9-2-1-5-14-9/h3-4,6,8-9,14-15H,1-2,5,7H2. The average molecular weight is 262 g/mol. The van der Waals surface area contributed by atoms with Crippen LogP contribution in [-0.2, 0) is 0 Å². The quantitative estimate of drug-likeness (QED) is 0.859. The van der Waals surface area contributed by atoms with Crippen molar-refractivity contribution in [1.29, 1.82) is 0 Å². The zero-order valence-electron chi connectivity index (χ0n) is 10.4. The van der Waals surface area contributed by atoms with E-state index in [0.29, 0.717) is 11.7 Å². The highest BCUT2D eigenvalue weighted by molar-refractivity contribution is 5.52. The van der Waals surface area contributed by atoms with Gasteiger partial charge < -0.3 is 10.6 Å². The highest BCUT2D eigenvalue weighted by Crippen LogP contribution is 2.18. The zero-order chi connectivity index (χ0) is 13.1. The van der Waals surface area contributed by atoms with E-state index >= 15 is 0 Å². The third-order valence-corrected chi connectivity index (χ3v) is 3.26. The first-order valence-electron chi connectivity index (χ1n) is 6.33. The lowest BCUT2D eigenvalue weighted by Gasteiger charge is -2.14. The van der Waals surface area contributed by atoms with Crippen molar-refractivity contribution in [1.82, 2.24) is 25.5 Å². The molecule has 2 heterocycles. The third kappa shape index (κ3) is 2.70. The maximum atomic E-state index is 13.7. The van der Waals surface area contributed by atoms with Gasteiger partial charge in [0.05, 0.1) is 11.4 Å². The van der Waals surface area contributed by atoms with E-state index in [1.54, 1.807) is 12.1 Å². The van der Waals surface area contributed by atoms with E-state index < -0.39 is 0 Å². The molecule has 0 amide bonds. The minimum absolute atomic E-state index is 0.269. The molecule has 1 aromatic carbocycles. The molecule has 100 valence electrons. The van der Waals surface area contributed by atoms with E-state index in [1.807, 2.05) is 0 Å². The van der Waals surface area contributed by atoms with Crippen molar-refractivity contribution in [3.63, 3.8) is 0 Å². The molecule has 19 heavy (non-hydrogen) atoms. The summed E-state index contributed by atoms with van der Waals surface area (Å²) in [5, 5.41) is 17.4. The molecule has 1 fully saturated rings. The number of hydrogen-bond donors (Lipinski definition) is 2. The van der Waals surface area contributed by atoms with Gasteiger partial charge >= 0.3 is 0 Å². The molecule has 0 radical (unpaired) electrons. The molecular formula is C12H15FN6. The lowest BCUT2D eigenvalue weighted by Crippen LogP contribution is -2.29. The second kappa shape index (κ2) is 5.31. The van der Waals surface area contributed by atoms with Gasteiger partial charge in [0, 0.05) is 12.6 Å². The van der Waals surface area contributed by atoms with Crippen LogP contribution in [0.25, 0.3) is 5.69 Å². The minimum Gasteiger partial charge on any atom is -0.381 e. The van der Waals surface area contributed by atoms with E-state index in [4.69, 9.17) is 0 Å². The van der Waals surface area contributed by atoms with E-state index in [2.05, 4.69) is 26.2 Å². The molecule has 0 bridgehead atoms. The van der Waals surface area contributed by atoms with Gasteiger partial charge in [-0.1, -0.05) is 0 Å². The minimum atomic E-state index is -0.269. The van der Waals surface area contributed by atoms with Crippen LogP contribution in [0.5, 0.6) is 0 Å². The van der Waals surface area contributed by atoms with Gasteiger partial charge in [0.2, 0.25) is 0 Å². The molecular weight excluding hydrogens is 247 g/mol. The molecule has 7 heteroatoms. The summed E-state index contributed by atoms with van der Waals surface area (Å²) in [5.74, 6) is -0.269. The fraction of sp³-hybridized carbons (Fsp3) is 0.417. The average Bonchev–Trinajstić information content (AvgIpc) is 3.11. The normalized spacial score (nSPS) is 18.7. The van der Waals surface area contributed by atoms with Crippen molar-refractivity contribution < 1.29 is 4.39 Å². The van der Waals surface area contributed by atoms with Crippen molar-refractivity contribution in [3.8, 4) is 5.69 Å². The zero-order valence-corrected chi connectivity index (χ0v) is 10.4. The number of aromatic nitrogens is 4. The Hall–Kier alpha value is -2.02. The topological polar surface area (TPSA) is 67.7 Å². The molecule has 0 saturated carbocycles. The molecule has 1 aromatic heterocycles. The van der Waals surface area contributed by atoms with Crippen LogP contribution in [0.2, 0.25) is 0 Å². The molecule has 1 unspecified atom stereocenters. The van der Waals surface area contributed by atoms with E-state index in [9.17, 15) is 4.39 Å². The Bertz CT molecular complexity index is 535. The number of tetrazole rings is 1. The number of nitrogens with zero attached hydrogens (tertiary/aromatic N) is 4. The molecule has 2 aromatic rings. The van der Waals surface area contributed by atoms with Gasteiger partial charge in [0.15, 0.2) is 0 Å². The van der Waals surface area contributed by atoms with Crippen molar-refractivity contribution in [2.75, 3.05) is 18.4 Å². The first-order valence-corrected chi connectivity index (χ1v) is 6.33. The molecule has 0 spiro atoms. The largest absolute Gasteiger partial charge is 0.381 e. The smallest absolute Gasteiger partial charge is 0.146 e. The second-order valence-corrected chi connectivity index (χ2v) is 4.59. The highest BCUT2D eigenvalue weighted by Gasteiger charge is 2.14. The maximum Gasteiger partial charge on any atom is 0.146 e. The van der Waals surface area contributed by atoms with E-state index in [1.165, 1.54) is 23.5 Å². The van der Waals surface area contributed by atoms with Crippen molar-refractivity contribution in [3.05, 3.63) is 30.3 Å². The van der Waals surface area contributed by atoms with Gasteiger partial charge in [-0.3, -0.25) is 0 Å². The van der Waals surface area contributed by atoms with Gasteiger partial charge in [0.1, 0.15) is 12.1 Å². The summed E-state index contributed by atoms with van der Waals surface area (Å²) in [5.41, 5.74) is 1.20. The summed E-state index contributed by atoms with van der Waals surface area (Å²) in [4.78, 5) is 0. The summed E-state index contributed by atoms with van der Waals surface area (Å²) in [7, 11) is 0. The summed E-state index contributed by atoms with van der Waals surface area (Å²) in [6.07, 6.45) is 3.79. The lowest BCUT2D eigenvalue weighted by atomic mass is 10.2. The fourth-order valence-electron chi connectivity index (χ4n) is 2.23. The first kappa shape index (κ1) is 12.0. The number of benzene rings is 1. The van der Waals surface area contributed by atoms with Gasteiger partial charge in [0.25, 0.3) is 0 Å². The van der Waals surface area contributed by atoms with Crippen LogP contribution in [0, 0.1) is 5.82 Å². The summed E-state index contributed by atoms with van der Waals surface area (Å²) in [6.45, 7) is 1.76. The van der Waals surface area contributed by atoms with Gasteiger partial charge in [-0.15, -0.1) is 5.10 Å². The van der Waals surface area contributed by atoms with Crippen LogP contribution in [0.4, 0.5) is 10.1 Å². The molecule has 1 aliphatic rings. The molecule has 1 aliphatic heterocycles. The lowest BCUT2D eigenvalue weighted by molar-refractivity contribution is 0.613. The monoisotopic (exact) mass is 262 g/mol. The number of nitrogens with one attached hydrogen (secondary N) is 2. The Labute approximate surface area is 110 Å². The third-order valence-electron chi connectivity index (χ3n) is 3.26. The van der Waals surface area contributed by atoms with Crippen molar-refractivity contribution in [2.45, 2.75) is 18.9 Å². The van der Waals surface area contributed by atoms with Crippen LogP contribution in [-0.4, -0.2) is 39.3 Å². The van der Waals surface area contributed by atoms with Crippen molar-refractivity contribution >= 4 is 5.69 Å². The Kier molecular flexibility index (Phi) is 3.37. The summed E-state index contributed by atoms with van der Waals surface area (Å²) >= 11 is 0. The summed E-state index contributed by atoms with van der Waals surface area (Å²) in [6, 6.07) is 5.18. The van der Waals surface area contributed by atoms with Crippen LogP contribution >= 0.6 is 0 Å². The van der Waals surface area contributed by atoms with Crippen LogP contribution < -0.4 is 10.6 Å². The number of hydrogen-bond acceptors (Lipinski definition) is 5. The van der Waals surface area contributed by atoms with Crippen LogP contribution in [0.1, 0.15) is 12.8 Å². The Morgan fingerprint density at radius 2 is 2.42 bits per heavy atom. The number of rotatable bonds is 4. The number of anilines is 1. The Morgan fingerprint density at radius 1 is 1.47 bits per heavy atom. The Morgan fingerprint density at radius 3 is 3.16 bits per heavy atom. The fourth-order valence-corrected chi connectivity index (χ4v) is 2.23. The van der Waals surface area contributed by atoms with E-state index in [-0.39, 0.29) is 5.82 Å². The van der Waals surface area contributed by atoms with Gasteiger partial charge in [-0.05, 0) is 48.0 Å². The predicted molar refractivity (Wildman–Crippen MR) is 68.6 cm³/mol. The maximum absolute atomic E-state index is 13.7. The molecule has 1 atom stereocenters. The molecule has 1 saturated heterocycles. The number of halogens is 1. The van der Waals surface area contributed by atoms with Crippen molar-refractivity contribution in [2.24, 2.45) is 0 Å². The highest BCUT2D eigenvalue weighted by atomic mass is 19.1. The SMILES string of the molecule is Fc1ccc(-n2cnnn2)cc1NCC1CCCN1. The summed E-state index contributed by atoms with van der Waals surface area (Å²) < 4.78 is 15.2. The second-order valence-electron chi connectivity index (χ2n) is 4.59. The van der Waals surface area contributed by atoms with E-state index in [0.717, 1.165) is 25.2 Å². The molecule has 3 rings (SSSR count). The molecule has 0 aliphatic carbocycles. The molecule has 2 N–H and O–H groups in total. The molecule has 6 nitrogen and oxygen atoms in total. The van der Waals surface area contributed by atoms with Gasteiger partial charge in [-0.2, -0.15) is 0 Å². The van der Waals surface area contributed by atoms with Gasteiger partial charge in [-0.25, -0.2) is 9.07 Å². The van der Waals surface area contributed by atoms with Crippen LogP contribution in [0.3, 0.4) is 0 Å². The Balaban J connectivity index is 1.74. The predicted octanol–water partition coefficient (Wildman–Crippen LogP) is 0.965. The first-order chi connectivity index (χ1) is 9.33. The van der Waals surface area contributed by atoms with Crippen LogP contribution in [0.15, 0.2) is 24.5 Å².